The number of aromatic nitrogens is 1. The van der Waals surface area contributed by atoms with E-state index in [9.17, 15) is 18.0 Å². The lowest BCUT2D eigenvalue weighted by atomic mass is 9.89. The Balaban J connectivity index is 0.000000260. The maximum Gasteiger partial charge on any atom is 0.490 e. The van der Waals surface area contributed by atoms with Crippen molar-refractivity contribution in [2.45, 2.75) is 25.4 Å². The van der Waals surface area contributed by atoms with E-state index in [1.54, 1.807) is 0 Å². The van der Waals surface area contributed by atoms with Crippen LogP contribution in [0.5, 0.6) is 0 Å². The lowest BCUT2D eigenvalue weighted by Crippen LogP contribution is -2.40. The summed E-state index contributed by atoms with van der Waals surface area (Å²) in [5.41, 5.74) is 4.62. The van der Waals surface area contributed by atoms with Gasteiger partial charge in [0.15, 0.2) is 5.78 Å². The highest BCUT2D eigenvalue weighted by Gasteiger charge is 2.38. The van der Waals surface area contributed by atoms with Crippen molar-refractivity contribution in [3.05, 3.63) is 47.2 Å². The maximum absolute atomic E-state index is 12.6. The van der Waals surface area contributed by atoms with Crippen LogP contribution in [0, 0.1) is 0 Å². The zero-order valence-corrected chi connectivity index (χ0v) is 14.6. The fourth-order valence-electron chi connectivity index (χ4n) is 3.63. The number of ketones is 1. The molecule has 2 unspecified atom stereocenters. The van der Waals surface area contributed by atoms with E-state index in [-0.39, 0.29) is 5.92 Å². The van der Waals surface area contributed by atoms with Crippen molar-refractivity contribution in [2.24, 2.45) is 0 Å². The quantitative estimate of drug-likeness (QED) is 0.688. The SMILES string of the molecule is C/C=C1\CN2CCc3c([nH]c4ccccc34)C(C2)C1=O.O=C(O)C(F)(F)F. The number of carboxylic acid groups (broad SMARTS) is 1. The van der Waals surface area contributed by atoms with Gasteiger partial charge in [0.05, 0.1) is 5.92 Å². The van der Waals surface area contributed by atoms with Crippen LogP contribution >= 0.6 is 0 Å². The van der Waals surface area contributed by atoms with E-state index in [1.165, 1.54) is 10.9 Å². The first kappa shape index (κ1) is 19.2. The van der Waals surface area contributed by atoms with E-state index in [4.69, 9.17) is 9.90 Å². The van der Waals surface area contributed by atoms with Gasteiger partial charge in [0, 0.05) is 41.8 Å². The number of nitrogens with one attached hydrogen (secondary N) is 1. The monoisotopic (exact) mass is 380 g/mol. The molecule has 3 heterocycles. The normalized spacial score (nSPS) is 23.4. The zero-order valence-electron chi connectivity index (χ0n) is 14.6. The Bertz CT molecular complexity index is 915. The Morgan fingerprint density at radius 3 is 2.63 bits per heavy atom. The van der Waals surface area contributed by atoms with Crippen molar-refractivity contribution in [1.82, 2.24) is 9.88 Å². The lowest BCUT2D eigenvalue weighted by molar-refractivity contribution is -0.192. The van der Waals surface area contributed by atoms with E-state index < -0.39 is 12.1 Å². The number of halogens is 3. The lowest BCUT2D eigenvalue weighted by Gasteiger charge is -2.30. The number of carboxylic acids is 1. The highest BCUT2D eigenvalue weighted by atomic mass is 19.4. The molecular formula is C19H19F3N2O3. The molecule has 144 valence electrons. The van der Waals surface area contributed by atoms with Crippen molar-refractivity contribution < 1.29 is 27.9 Å². The number of hydrogen-bond donors (Lipinski definition) is 2. The summed E-state index contributed by atoms with van der Waals surface area (Å²) in [5, 5.41) is 8.41. The summed E-state index contributed by atoms with van der Waals surface area (Å²) in [7, 11) is 0. The number of alkyl halides is 3. The van der Waals surface area contributed by atoms with Gasteiger partial charge in [-0.25, -0.2) is 4.79 Å². The van der Waals surface area contributed by atoms with Crippen LogP contribution in [0.4, 0.5) is 13.2 Å². The molecule has 1 fully saturated rings. The summed E-state index contributed by atoms with van der Waals surface area (Å²) in [6.07, 6.45) is -2.07. The molecule has 4 rings (SSSR count). The number of H-pyrrole nitrogens is 1. The van der Waals surface area contributed by atoms with Gasteiger partial charge in [-0.2, -0.15) is 13.2 Å². The molecule has 0 aliphatic carbocycles. The van der Waals surface area contributed by atoms with E-state index in [0.717, 1.165) is 42.8 Å². The third-order valence-electron chi connectivity index (χ3n) is 4.93. The highest BCUT2D eigenvalue weighted by Crippen LogP contribution is 2.35. The molecule has 2 aliphatic rings. The summed E-state index contributed by atoms with van der Waals surface area (Å²) in [6, 6.07) is 8.39. The maximum atomic E-state index is 12.6. The van der Waals surface area contributed by atoms with Gasteiger partial charge in [0.25, 0.3) is 0 Å². The molecule has 1 saturated heterocycles. The second-order valence-corrected chi connectivity index (χ2v) is 6.58. The minimum atomic E-state index is -5.08. The first-order chi connectivity index (χ1) is 12.7. The van der Waals surface area contributed by atoms with Crippen molar-refractivity contribution >= 4 is 22.7 Å². The van der Waals surface area contributed by atoms with Gasteiger partial charge in [0.1, 0.15) is 0 Å². The fourth-order valence-corrected chi connectivity index (χ4v) is 3.63. The van der Waals surface area contributed by atoms with Crippen LogP contribution < -0.4 is 0 Å². The van der Waals surface area contributed by atoms with Gasteiger partial charge in [0.2, 0.25) is 0 Å². The molecule has 0 radical (unpaired) electrons. The fraction of sp³-hybridized carbons (Fsp3) is 0.368. The molecule has 8 heteroatoms. The Labute approximate surface area is 153 Å². The number of piperidine rings is 1. The van der Waals surface area contributed by atoms with Gasteiger partial charge in [-0.1, -0.05) is 24.3 Å². The summed E-state index contributed by atoms with van der Waals surface area (Å²) in [5.74, 6) is -2.47. The number of carbonyl (C=O) groups excluding carboxylic acids is 1. The van der Waals surface area contributed by atoms with Crippen molar-refractivity contribution in [3.63, 3.8) is 0 Å². The number of carbonyl (C=O) groups is 2. The number of aliphatic carboxylic acids is 1. The third kappa shape index (κ3) is 3.75. The molecule has 2 aliphatic heterocycles. The number of benzene rings is 1. The minimum absolute atomic E-state index is 0.0140. The Morgan fingerprint density at radius 2 is 2.00 bits per heavy atom. The molecule has 1 aromatic carbocycles. The van der Waals surface area contributed by atoms with Gasteiger partial charge in [-0.3, -0.25) is 9.69 Å². The molecule has 2 bridgehead atoms. The van der Waals surface area contributed by atoms with Crippen LogP contribution in [0.15, 0.2) is 35.9 Å². The van der Waals surface area contributed by atoms with Crippen LogP contribution in [-0.2, 0) is 16.0 Å². The summed E-state index contributed by atoms with van der Waals surface area (Å²) in [6.45, 7) is 4.68. The van der Waals surface area contributed by atoms with Crippen molar-refractivity contribution in [3.8, 4) is 0 Å². The Kier molecular flexibility index (Phi) is 5.10. The van der Waals surface area contributed by atoms with E-state index >= 15 is 0 Å². The number of rotatable bonds is 0. The van der Waals surface area contributed by atoms with Crippen LogP contribution in [-0.4, -0.2) is 52.6 Å². The van der Waals surface area contributed by atoms with Gasteiger partial charge < -0.3 is 10.1 Å². The molecule has 0 amide bonds. The number of nitrogens with zero attached hydrogens (tertiary/aromatic N) is 1. The van der Waals surface area contributed by atoms with E-state index in [1.807, 2.05) is 19.1 Å². The molecule has 5 nitrogen and oxygen atoms in total. The zero-order chi connectivity index (χ0) is 19.8. The number of fused-ring (bicyclic) bond motifs is 6. The van der Waals surface area contributed by atoms with E-state index in [0.29, 0.717) is 5.78 Å². The second kappa shape index (κ2) is 7.19. The summed E-state index contributed by atoms with van der Waals surface area (Å²) in [4.78, 5) is 27.5. The molecule has 2 atom stereocenters. The predicted octanol–water partition coefficient (Wildman–Crippen LogP) is 3.27. The van der Waals surface area contributed by atoms with E-state index in [2.05, 4.69) is 28.1 Å². The van der Waals surface area contributed by atoms with Crippen molar-refractivity contribution in [1.29, 1.82) is 0 Å². The molecule has 0 spiro atoms. The van der Waals surface area contributed by atoms with Crippen LogP contribution in [0.25, 0.3) is 10.9 Å². The summed E-state index contributed by atoms with van der Waals surface area (Å²) >= 11 is 0. The number of hydrogen-bond acceptors (Lipinski definition) is 3. The highest BCUT2D eigenvalue weighted by molar-refractivity contribution is 6.02. The molecule has 2 aromatic rings. The third-order valence-corrected chi connectivity index (χ3v) is 4.93. The second-order valence-electron chi connectivity index (χ2n) is 6.58. The molecular weight excluding hydrogens is 361 g/mol. The van der Waals surface area contributed by atoms with Crippen LogP contribution in [0.1, 0.15) is 24.1 Å². The largest absolute Gasteiger partial charge is 0.490 e. The number of para-hydroxylation sites is 1. The molecule has 27 heavy (non-hydrogen) atoms. The number of Topliss-reactive ketones (excluding diaryl/α,β-unsaturated/α-hetero) is 1. The minimum Gasteiger partial charge on any atom is -0.475 e. The van der Waals surface area contributed by atoms with Gasteiger partial charge in [-0.15, -0.1) is 0 Å². The first-order valence-electron chi connectivity index (χ1n) is 8.53. The standard InChI is InChI=1S/C17H18N2O.C2HF3O2/c1-2-11-9-19-8-7-13-12-5-3-4-6-15(12)18-16(13)14(10-19)17(11)20;3-2(4,5)1(6)7/h2-6,14,18H,7-10H2,1H3;(H,6,7)/b11-2+;. The summed E-state index contributed by atoms with van der Waals surface area (Å²) < 4.78 is 31.7. The molecule has 0 saturated carbocycles. The van der Waals surface area contributed by atoms with Gasteiger partial charge in [-0.05, 0) is 25.0 Å². The Hall–Kier alpha value is -2.61. The Morgan fingerprint density at radius 1 is 1.33 bits per heavy atom. The van der Waals surface area contributed by atoms with Gasteiger partial charge >= 0.3 is 12.1 Å². The number of allylic oxidation sites excluding steroid dienone is 1. The molecule has 1 aromatic heterocycles. The predicted molar refractivity (Wildman–Crippen MR) is 93.6 cm³/mol. The first-order valence-corrected chi connectivity index (χ1v) is 8.53. The number of aromatic amines is 1. The smallest absolute Gasteiger partial charge is 0.475 e. The van der Waals surface area contributed by atoms with Crippen LogP contribution in [0.2, 0.25) is 0 Å². The topological polar surface area (TPSA) is 73.4 Å². The average molecular weight is 380 g/mol. The molecule has 2 N–H and O–H groups in total. The average Bonchev–Trinajstić information content (AvgIpc) is 2.91. The van der Waals surface area contributed by atoms with Crippen molar-refractivity contribution in [2.75, 3.05) is 19.6 Å². The van der Waals surface area contributed by atoms with Crippen LogP contribution in [0.3, 0.4) is 0 Å².